The Bertz CT molecular complexity index is 1280. The molecule has 0 aliphatic carbocycles. The number of fused-ring (bicyclic) bond motifs is 1. The van der Waals surface area contributed by atoms with Gasteiger partial charge in [0.15, 0.2) is 5.58 Å². The molecule has 1 atom stereocenters. The third-order valence-electron chi connectivity index (χ3n) is 5.10. The van der Waals surface area contributed by atoms with Gasteiger partial charge in [0.25, 0.3) is 5.56 Å². The molecule has 2 aromatic carbocycles. The molecule has 8 nitrogen and oxygen atoms in total. The van der Waals surface area contributed by atoms with Crippen LogP contribution in [0.2, 0.25) is 0 Å². The fraction of sp³-hybridized carbons (Fsp3) is 0.143. The molecule has 0 bridgehead atoms. The minimum atomic E-state index is -0.850. The Kier molecular flexibility index (Phi) is 3.73. The second-order valence-corrected chi connectivity index (χ2v) is 6.91. The zero-order valence-electron chi connectivity index (χ0n) is 15.5. The highest BCUT2D eigenvalue weighted by atomic mass is 16.4. The van der Waals surface area contributed by atoms with Gasteiger partial charge < -0.3 is 4.42 Å². The van der Waals surface area contributed by atoms with Gasteiger partial charge in [-0.05, 0) is 31.2 Å². The number of H-pyrrole nitrogens is 1. The summed E-state index contributed by atoms with van der Waals surface area (Å²) >= 11 is 0. The zero-order chi connectivity index (χ0) is 20.1. The highest BCUT2D eigenvalue weighted by molar-refractivity contribution is 6.22. The summed E-state index contributed by atoms with van der Waals surface area (Å²) in [5.41, 5.74) is 1.96. The molecule has 1 aliphatic heterocycles. The molecular weight excluding hydrogens is 372 g/mol. The van der Waals surface area contributed by atoms with Crippen LogP contribution in [0.15, 0.2) is 63.8 Å². The lowest BCUT2D eigenvalue weighted by Crippen LogP contribution is -2.31. The van der Waals surface area contributed by atoms with Crippen LogP contribution in [0.4, 0.5) is 5.69 Å². The van der Waals surface area contributed by atoms with Gasteiger partial charge in [0, 0.05) is 12.1 Å². The van der Waals surface area contributed by atoms with E-state index < -0.39 is 17.4 Å². The number of para-hydroxylation sites is 3. The van der Waals surface area contributed by atoms with E-state index >= 15 is 0 Å². The van der Waals surface area contributed by atoms with Gasteiger partial charge in [-0.3, -0.25) is 24.4 Å². The SMILES string of the molecule is Cc1[nH]n(-c2nc3ccccc3o2)c(=O)c1C1CC(=O)N(c2ccccc2)C1=O. The summed E-state index contributed by atoms with van der Waals surface area (Å²) in [5.74, 6) is -1.60. The highest BCUT2D eigenvalue weighted by Crippen LogP contribution is 2.33. The molecule has 1 aliphatic rings. The average molecular weight is 388 g/mol. The molecule has 29 heavy (non-hydrogen) atoms. The molecule has 144 valence electrons. The maximum Gasteiger partial charge on any atom is 0.325 e. The monoisotopic (exact) mass is 388 g/mol. The third kappa shape index (κ3) is 2.60. The van der Waals surface area contributed by atoms with Gasteiger partial charge in [-0.25, -0.2) is 0 Å². The molecule has 0 radical (unpaired) electrons. The van der Waals surface area contributed by atoms with Crippen LogP contribution in [-0.4, -0.2) is 26.6 Å². The summed E-state index contributed by atoms with van der Waals surface area (Å²) < 4.78 is 6.84. The van der Waals surface area contributed by atoms with Crippen LogP contribution in [0, 0.1) is 6.92 Å². The number of rotatable bonds is 3. The first-order valence-corrected chi connectivity index (χ1v) is 9.14. The van der Waals surface area contributed by atoms with E-state index in [1.807, 2.05) is 12.1 Å². The van der Waals surface area contributed by atoms with Crippen LogP contribution in [0.3, 0.4) is 0 Å². The minimum Gasteiger partial charge on any atom is -0.422 e. The highest BCUT2D eigenvalue weighted by Gasteiger charge is 2.43. The van der Waals surface area contributed by atoms with Gasteiger partial charge in [0.05, 0.1) is 17.2 Å². The Morgan fingerprint density at radius 1 is 1.03 bits per heavy atom. The van der Waals surface area contributed by atoms with Gasteiger partial charge in [0.1, 0.15) is 5.52 Å². The Morgan fingerprint density at radius 2 is 1.76 bits per heavy atom. The Balaban J connectivity index is 1.57. The molecule has 4 aromatic rings. The summed E-state index contributed by atoms with van der Waals surface area (Å²) in [4.78, 5) is 44.1. The first-order valence-electron chi connectivity index (χ1n) is 9.14. The number of carbonyl (C=O) groups excluding carboxylic acids is 2. The number of hydrogen-bond donors (Lipinski definition) is 1. The molecule has 8 heteroatoms. The standard InChI is InChI=1S/C21H16N4O4/c1-12-18(14-11-17(26)24(19(14)27)13-7-3-2-4-8-13)20(28)25(23-12)21-22-15-9-5-6-10-16(15)29-21/h2-10,14,23H,11H2,1H3. The topological polar surface area (TPSA) is 101 Å². The maximum atomic E-state index is 13.1. The van der Waals surface area contributed by atoms with Crippen LogP contribution < -0.4 is 10.5 Å². The lowest BCUT2D eigenvalue weighted by Gasteiger charge is -2.14. The number of amides is 2. The average Bonchev–Trinajstić information content (AvgIpc) is 3.36. The molecule has 1 unspecified atom stereocenters. The Hall–Kier alpha value is -3.94. The minimum absolute atomic E-state index is 0.0603. The predicted octanol–water partition coefficient (Wildman–Crippen LogP) is 2.66. The molecule has 5 rings (SSSR count). The number of hydrogen-bond acceptors (Lipinski definition) is 5. The van der Waals surface area contributed by atoms with Gasteiger partial charge in [-0.2, -0.15) is 9.67 Å². The van der Waals surface area contributed by atoms with E-state index in [0.717, 1.165) is 4.90 Å². The first kappa shape index (κ1) is 17.2. The largest absolute Gasteiger partial charge is 0.422 e. The summed E-state index contributed by atoms with van der Waals surface area (Å²) in [6.45, 7) is 1.69. The number of nitrogens with one attached hydrogen (secondary N) is 1. The summed E-state index contributed by atoms with van der Waals surface area (Å²) in [5, 5.41) is 2.92. The van der Waals surface area contributed by atoms with E-state index in [9.17, 15) is 14.4 Å². The number of carbonyl (C=O) groups is 2. The van der Waals surface area contributed by atoms with Crippen LogP contribution in [-0.2, 0) is 9.59 Å². The summed E-state index contributed by atoms with van der Waals surface area (Å²) in [6.07, 6.45) is -0.0603. The van der Waals surface area contributed by atoms with Gasteiger partial charge in [-0.15, -0.1) is 0 Å². The second-order valence-electron chi connectivity index (χ2n) is 6.91. The van der Waals surface area contributed by atoms with Crippen molar-refractivity contribution < 1.29 is 14.0 Å². The normalized spacial score (nSPS) is 16.9. The molecule has 1 N–H and O–H groups in total. The lowest BCUT2D eigenvalue weighted by atomic mass is 9.98. The van der Waals surface area contributed by atoms with Gasteiger partial charge >= 0.3 is 6.01 Å². The van der Waals surface area contributed by atoms with E-state index in [0.29, 0.717) is 22.5 Å². The Morgan fingerprint density at radius 3 is 2.52 bits per heavy atom. The molecule has 2 aromatic heterocycles. The molecule has 1 saturated heterocycles. The van der Waals surface area contributed by atoms with Crippen LogP contribution in [0.5, 0.6) is 0 Å². The van der Waals surface area contributed by atoms with Crippen LogP contribution >= 0.6 is 0 Å². The van der Waals surface area contributed by atoms with Crippen molar-refractivity contribution in [2.45, 2.75) is 19.3 Å². The van der Waals surface area contributed by atoms with Gasteiger partial charge in [0.2, 0.25) is 11.8 Å². The van der Waals surface area contributed by atoms with Crippen LogP contribution in [0.1, 0.15) is 23.6 Å². The number of aromatic amines is 1. The van der Waals surface area contributed by atoms with Crippen molar-refractivity contribution in [1.29, 1.82) is 0 Å². The fourth-order valence-electron chi connectivity index (χ4n) is 3.77. The maximum absolute atomic E-state index is 13.1. The smallest absolute Gasteiger partial charge is 0.325 e. The van der Waals surface area contributed by atoms with E-state index in [4.69, 9.17) is 4.42 Å². The molecule has 0 spiro atoms. The lowest BCUT2D eigenvalue weighted by molar-refractivity contribution is -0.121. The van der Waals surface area contributed by atoms with E-state index in [1.54, 1.807) is 49.4 Å². The van der Waals surface area contributed by atoms with E-state index in [1.165, 1.54) is 4.68 Å². The van der Waals surface area contributed by atoms with Crippen molar-refractivity contribution in [3.63, 3.8) is 0 Å². The van der Waals surface area contributed by atoms with Crippen molar-refractivity contribution in [3.8, 4) is 6.01 Å². The van der Waals surface area contributed by atoms with Crippen molar-refractivity contribution in [1.82, 2.24) is 14.8 Å². The van der Waals surface area contributed by atoms with Crippen LogP contribution in [0.25, 0.3) is 17.1 Å². The number of benzene rings is 2. The summed E-state index contributed by atoms with van der Waals surface area (Å²) in [7, 11) is 0. The third-order valence-corrected chi connectivity index (χ3v) is 5.10. The number of imide groups is 1. The van der Waals surface area contributed by atoms with Crippen molar-refractivity contribution in [2.75, 3.05) is 4.90 Å². The quantitative estimate of drug-likeness (QED) is 0.544. The fourth-order valence-corrected chi connectivity index (χ4v) is 3.77. The van der Waals surface area contributed by atoms with Crippen molar-refractivity contribution >= 4 is 28.6 Å². The molecular formula is C21H16N4O4. The zero-order valence-corrected chi connectivity index (χ0v) is 15.5. The molecule has 1 fully saturated rings. The van der Waals surface area contributed by atoms with E-state index in [2.05, 4.69) is 10.1 Å². The molecule has 2 amide bonds. The number of oxazole rings is 1. The Labute approximate surface area is 164 Å². The number of aromatic nitrogens is 3. The predicted molar refractivity (Wildman–Crippen MR) is 105 cm³/mol. The number of nitrogens with zero attached hydrogens (tertiary/aromatic N) is 3. The second kappa shape index (κ2) is 6.30. The van der Waals surface area contributed by atoms with Gasteiger partial charge in [-0.1, -0.05) is 30.3 Å². The van der Waals surface area contributed by atoms with Crippen molar-refractivity contribution in [2.24, 2.45) is 0 Å². The first-order chi connectivity index (χ1) is 14.0. The molecule has 3 heterocycles. The van der Waals surface area contributed by atoms with Crippen molar-refractivity contribution in [3.05, 3.63) is 76.2 Å². The van der Waals surface area contributed by atoms with E-state index in [-0.39, 0.29) is 23.9 Å². The number of aryl methyl sites for hydroxylation is 1. The number of anilines is 1. The summed E-state index contributed by atoms with van der Waals surface area (Å²) in [6, 6.07) is 16.0. The molecule has 0 saturated carbocycles.